The van der Waals surface area contributed by atoms with Crippen molar-refractivity contribution in [1.82, 2.24) is 9.78 Å². The molecule has 28 heavy (non-hydrogen) atoms. The highest BCUT2D eigenvalue weighted by Gasteiger charge is 2.20. The second-order valence-electron chi connectivity index (χ2n) is 6.06. The first-order chi connectivity index (χ1) is 13.3. The molecule has 9 heteroatoms. The maximum Gasteiger partial charge on any atom is 0.246 e. The van der Waals surface area contributed by atoms with Crippen molar-refractivity contribution < 1.29 is 17.9 Å². The number of ether oxygens (including phenoxy) is 1. The number of nitrogens with one attached hydrogen (secondary N) is 1. The highest BCUT2D eigenvalue weighted by atomic mass is 35.5. The van der Waals surface area contributed by atoms with Crippen LogP contribution < -0.4 is 10.1 Å². The number of hydrogen-bond acceptors (Lipinski definition) is 5. The summed E-state index contributed by atoms with van der Waals surface area (Å²) in [6, 6.07) is 12.0. The minimum Gasteiger partial charge on any atom is -0.497 e. The molecule has 2 aromatic carbocycles. The van der Waals surface area contributed by atoms with Gasteiger partial charge in [0.1, 0.15) is 12.3 Å². The molecule has 0 spiro atoms. The maximum absolute atomic E-state index is 12.9. The predicted molar refractivity (Wildman–Crippen MR) is 105 cm³/mol. The Morgan fingerprint density at radius 2 is 1.86 bits per heavy atom. The molecule has 3 aromatic rings. The second-order valence-corrected chi connectivity index (χ2v) is 8.44. The van der Waals surface area contributed by atoms with Crippen LogP contribution in [-0.2, 0) is 21.2 Å². The molecule has 3 rings (SSSR count). The molecule has 0 saturated heterocycles. The molecule has 0 saturated carbocycles. The van der Waals surface area contributed by atoms with Crippen LogP contribution in [0.1, 0.15) is 5.69 Å². The molecular formula is C19H18ClN3O4S. The average Bonchev–Trinajstić information content (AvgIpc) is 3.06. The molecule has 146 valence electrons. The van der Waals surface area contributed by atoms with Crippen LogP contribution >= 0.6 is 11.6 Å². The summed E-state index contributed by atoms with van der Waals surface area (Å²) in [5.41, 5.74) is 1.10. The molecule has 0 atom stereocenters. The van der Waals surface area contributed by atoms with Crippen molar-refractivity contribution in [2.75, 3.05) is 12.4 Å². The van der Waals surface area contributed by atoms with Gasteiger partial charge in [-0.15, -0.1) is 0 Å². The van der Waals surface area contributed by atoms with Crippen molar-refractivity contribution in [3.8, 4) is 5.75 Å². The lowest BCUT2D eigenvalue weighted by atomic mass is 10.3. The van der Waals surface area contributed by atoms with Gasteiger partial charge >= 0.3 is 0 Å². The number of benzene rings is 2. The second kappa shape index (κ2) is 8.04. The number of rotatable bonds is 6. The van der Waals surface area contributed by atoms with E-state index in [0.717, 1.165) is 5.69 Å². The number of sulfone groups is 1. The van der Waals surface area contributed by atoms with E-state index < -0.39 is 9.84 Å². The number of aromatic nitrogens is 2. The Labute approximate surface area is 167 Å². The van der Waals surface area contributed by atoms with Gasteiger partial charge in [0.2, 0.25) is 15.7 Å². The van der Waals surface area contributed by atoms with Crippen LogP contribution in [0.15, 0.2) is 64.5 Å². The summed E-state index contributed by atoms with van der Waals surface area (Å²) in [4.78, 5) is 12.4. The normalized spacial score (nSPS) is 11.2. The number of carbonyl (C=O) groups is 1. The number of aryl methyl sites for hydroxylation is 1. The van der Waals surface area contributed by atoms with Crippen LogP contribution in [0.25, 0.3) is 0 Å². The summed E-state index contributed by atoms with van der Waals surface area (Å²) in [7, 11) is -2.39. The van der Waals surface area contributed by atoms with E-state index in [2.05, 4.69) is 10.4 Å². The molecule has 0 fully saturated rings. The van der Waals surface area contributed by atoms with Gasteiger partial charge in [0.15, 0.2) is 0 Å². The lowest BCUT2D eigenvalue weighted by Gasteiger charge is -2.11. The largest absolute Gasteiger partial charge is 0.497 e. The molecule has 1 aromatic heterocycles. The van der Waals surface area contributed by atoms with E-state index in [0.29, 0.717) is 16.5 Å². The van der Waals surface area contributed by atoms with E-state index in [9.17, 15) is 13.2 Å². The fourth-order valence-electron chi connectivity index (χ4n) is 2.57. The SMILES string of the molecule is COc1cc(NC(=O)Cn2ccc(C)n2)cc(S(=O)(=O)c2ccc(Cl)cc2)c1. The number of nitrogens with zero attached hydrogens (tertiary/aromatic N) is 2. The molecule has 0 unspecified atom stereocenters. The molecular weight excluding hydrogens is 402 g/mol. The van der Waals surface area contributed by atoms with Crippen LogP contribution in [0.4, 0.5) is 5.69 Å². The third-order valence-electron chi connectivity index (χ3n) is 3.91. The Morgan fingerprint density at radius 3 is 2.46 bits per heavy atom. The first-order valence-electron chi connectivity index (χ1n) is 8.27. The van der Waals surface area contributed by atoms with Crippen molar-refractivity contribution in [1.29, 1.82) is 0 Å². The number of methoxy groups -OCH3 is 1. The van der Waals surface area contributed by atoms with Crippen LogP contribution in [0.3, 0.4) is 0 Å². The minimum absolute atomic E-state index is 0.000550. The van der Waals surface area contributed by atoms with E-state index in [4.69, 9.17) is 16.3 Å². The minimum atomic E-state index is -3.81. The third-order valence-corrected chi connectivity index (χ3v) is 5.91. The van der Waals surface area contributed by atoms with Crippen molar-refractivity contribution in [2.24, 2.45) is 0 Å². The van der Waals surface area contributed by atoms with Gasteiger partial charge in [0.25, 0.3) is 0 Å². The Morgan fingerprint density at radius 1 is 1.14 bits per heavy atom. The first kappa shape index (κ1) is 19.9. The van der Waals surface area contributed by atoms with E-state index in [1.54, 1.807) is 18.3 Å². The molecule has 1 N–H and O–H groups in total. The monoisotopic (exact) mass is 419 g/mol. The molecule has 0 bridgehead atoms. The highest BCUT2D eigenvalue weighted by Crippen LogP contribution is 2.29. The third kappa shape index (κ3) is 4.52. The molecule has 0 aliphatic heterocycles. The van der Waals surface area contributed by atoms with Gasteiger partial charge in [-0.05, 0) is 49.4 Å². The van der Waals surface area contributed by atoms with Crippen LogP contribution in [0, 0.1) is 6.92 Å². The molecule has 0 radical (unpaired) electrons. The quantitative estimate of drug-likeness (QED) is 0.661. The maximum atomic E-state index is 12.9. The van der Waals surface area contributed by atoms with Gasteiger partial charge in [0.05, 0.1) is 22.6 Å². The van der Waals surface area contributed by atoms with Gasteiger partial charge in [-0.2, -0.15) is 5.10 Å². The van der Waals surface area contributed by atoms with Gasteiger partial charge in [-0.1, -0.05) is 11.6 Å². The zero-order chi connectivity index (χ0) is 20.3. The summed E-state index contributed by atoms with van der Waals surface area (Å²) in [5, 5.41) is 7.27. The number of halogens is 1. The Hall–Kier alpha value is -2.84. The summed E-state index contributed by atoms with van der Waals surface area (Å²) in [5.74, 6) is -0.0357. The van der Waals surface area contributed by atoms with Crippen LogP contribution in [-0.4, -0.2) is 31.2 Å². The Kier molecular flexibility index (Phi) is 5.71. The fourth-order valence-corrected chi connectivity index (χ4v) is 4.01. The summed E-state index contributed by atoms with van der Waals surface area (Å²) < 4.78 is 32.5. The van der Waals surface area contributed by atoms with Crippen LogP contribution in [0.5, 0.6) is 5.75 Å². The highest BCUT2D eigenvalue weighted by molar-refractivity contribution is 7.91. The summed E-state index contributed by atoms with van der Waals surface area (Å²) >= 11 is 5.84. The zero-order valence-electron chi connectivity index (χ0n) is 15.2. The van der Waals surface area contributed by atoms with E-state index in [-0.39, 0.29) is 22.2 Å². The van der Waals surface area contributed by atoms with E-state index in [1.807, 2.05) is 6.92 Å². The molecule has 1 heterocycles. The van der Waals surface area contributed by atoms with Gasteiger partial charge < -0.3 is 10.1 Å². The number of hydrogen-bond donors (Lipinski definition) is 1. The zero-order valence-corrected chi connectivity index (χ0v) is 16.8. The summed E-state index contributed by atoms with van der Waals surface area (Å²) in [6.45, 7) is 1.83. The molecule has 1 amide bonds. The van der Waals surface area contributed by atoms with Crippen LogP contribution in [0.2, 0.25) is 5.02 Å². The Balaban J connectivity index is 1.89. The smallest absolute Gasteiger partial charge is 0.246 e. The lowest BCUT2D eigenvalue weighted by Crippen LogP contribution is -2.19. The van der Waals surface area contributed by atoms with Crippen molar-refractivity contribution in [3.05, 3.63) is 65.4 Å². The predicted octanol–water partition coefficient (Wildman–Crippen LogP) is 3.33. The lowest BCUT2D eigenvalue weighted by molar-refractivity contribution is -0.116. The topological polar surface area (TPSA) is 90.3 Å². The van der Waals surface area contributed by atoms with Crippen molar-refractivity contribution >= 4 is 33.0 Å². The fraction of sp³-hybridized carbons (Fsp3) is 0.158. The van der Waals surface area contributed by atoms with E-state index in [1.165, 1.54) is 48.2 Å². The van der Waals surface area contributed by atoms with Crippen molar-refractivity contribution in [2.45, 2.75) is 23.3 Å². The summed E-state index contributed by atoms with van der Waals surface area (Å²) in [6.07, 6.45) is 1.69. The van der Waals surface area contributed by atoms with E-state index >= 15 is 0 Å². The van der Waals surface area contributed by atoms with Gasteiger partial charge in [0, 0.05) is 23.0 Å². The van der Waals surface area contributed by atoms with Crippen molar-refractivity contribution in [3.63, 3.8) is 0 Å². The molecule has 0 aliphatic carbocycles. The molecule has 7 nitrogen and oxygen atoms in total. The van der Waals surface area contributed by atoms with Gasteiger partial charge in [-0.25, -0.2) is 8.42 Å². The average molecular weight is 420 g/mol. The first-order valence-corrected chi connectivity index (χ1v) is 10.1. The number of carbonyl (C=O) groups excluding carboxylic acids is 1. The number of amides is 1. The molecule has 0 aliphatic rings. The number of anilines is 1. The Bertz CT molecular complexity index is 1110. The standard InChI is InChI=1S/C19H18ClN3O4S/c1-13-7-8-23(22-13)12-19(24)21-15-9-16(27-2)11-18(10-15)28(25,26)17-5-3-14(20)4-6-17/h3-11H,12H2,1-2H3,(H,21,24). The van der Waals surface area contributed by atoms with Gasteiger partial charge in [-0.3, -0.25) is 9.48 Å².